The molecule has 1 atom stereocenters. The van der Waals surface area contributed by atoms with Crippen LogP contribution in [0.25, 0.3) is 0 Å². The number of amides is 1. The Balaban J connectivity index is 1.59. The van der Waals surface area contributed by atoms with Gasteiger partial charge in [-0.05, 0) is 43.2 Å². The van der Waals surface area contributed by atoms with E-state index in [1.54, 1.807) is 44.2 Å². The number of nitrogens with one attached hydrogen (secondary N) is 1. The third kappa shape index (κ3) is 4.08. The first-order valence-electron chi connectivity index (χ1n) is 10.0. The van der Waals surface area contributed by atoms with E-state index in [-0.39, 0.29) is 24.4 Å². The van der Waals surface area contributed by atoms with Crippen LogP contribution in [0, 0.1) is 6.92 Å². The molecule has 0 saturated carbocycles. The highest BCUT2D eigenvalue weighted by atomic mass is 32.2. The number of nitrogens with zero attached hydrogens (tertiary/aromatic N) is 1. The monoisotopic (exact) mass is 444 g/mol. The van der Waals surface area contributed by atoms with Gasteiger partial charge >= 0.3 is 5.97 Å². The number of ether oxygens (including phenoxy) is 2. The summed E-state index contributed by atoms with van der Waals surface area (Å²) in [6, 6.07) is 11.6. The molecule has 8 nitrogen and oxygen atoms in total. The van der Waals surface area contributed by atoms with Crippen molar-refractivity contribution < 1.29 is 27.5 Å². The van der Waals surface area contributed by atoms with Crippen LogP contribution >= 0.6 is 0 Å². The zero-order valence-electron chi connectivity index (χ0n) is 17.4. The van der Waals surface area contributed by atoms with Crippen LogP contribution in [0.3, 0.4) is 0 Å². The van der Waals surface area contributed by atoms with E-state index >= 15 is 0 Å². The predicted octanol–water partition coefficient (Wildman–Crippen LogP) is 2.13. The van der Waals surface area contributed by atoms with E-state index in [9.17, 15) is 18.0 Å². The molecule has 1 unspecified atom stereocenters. The van der Waals surface area contributed by atoms with Crippen LogP contribution in [0.5, 0.6) is 0 Å². The minimum Gasteiger partial charge on any atom is -0.445 e. The number of fused-ring (bicyclic) bond motifs is 1. The molecule has 0 bridgehead atoms. The molecule has 164 valence electrons. The molecule has 1 fully saturated rings. The van der Waals surface area contributed by atoms with Crippen LogP contribution in [-0.2, 0) is 30.7 Å². The lowest BCUT2D eigenvalue weighted by Gasteiger charge is -2.33. The van der Waals surface area contributed by atoms with Crippen molar-refractivity contribution in [2.45, 2.75) is 30.8 Å². The Morgan fingerprint density at radius 2 is 1.84 bits per heavy atom. The van der Waals surface area contributed by atoms with E-state index < -0.39 is 27.5 Å². The van der Waals surface area contributed by atoms with Crippen LogP contribution in [-0.4, -0.2) is 56.5 Å². The topological polar surface area (TPSA) is 102 Å². The summed E-state index contributed by atoms with van der Waals surface area (Å²) in [6.07, 6.45) is 0.228. The minimum atomic E-state index is -3.71. The molecule has 0 spiro atoms. The van der Waals surface area contributed by atoms with Crippen LogP contribution in [0.1, 0.15) is 28.4 Å². The first kappa shape index (κ1) is 21.5. The second-order valence-electron chi connectivity index (χ2n) is 7.90. The number of carbonyl (C=O) groups excluding carboxylic acids is 2. The molecule has 31 heavy (non-hydrogen) atoms. The number of carbonyl (C=O) groups is 2. The molecule has 2 aromatic carbocycles. The largest absolute Gasteiger partial charge is 0.445 e. The zero-order valence-corrected chi connectivity index (χ0v) is 18.2. The SMILES string of the molecule is Cc1ccc(S(=O)(=O)N2CCOCC2)cc1NC(=O)C1(C)Cc2ccccc2C(=O)O1. The molecule has 2 aliphatic rings. The van der Waals surface area contributed by atoms with Crippen molar-refractivity contribution in [1.82, 2.24) is 4.31 Å². The van der Waals surface area contributed by atoms with Gasteiger partial charge in [0.1, 0.15) is 0 Å². The summed E-state index contributed by atoms with van der Waals surface area (Å²) in [5, 5.41) is 2.76. The number of benzene rings is 2. The van der Waals surface area contributed by atoms with Crippen molar-refractivity contribution in [3.05, 3.63) is 59.2 Å². The Labute approximate surface area is 181 Å². The molecule has 2 aromatic rings. The van der Waals surface area contributed by atoms with Crippen molar-refractivity contribution in [3.8, 4) is 0 Å². The highest BCUT2D eigenvalue weighted by Gasteiger charge is 2.42. The average molecular weight is 445 g/mol. The van der Waals surface area contributed by atoms with Crippen LogP contribution < -0.4 is 5.32 Å². The fraction of sp³-hybridized carbons (Fsp3) is 0.364. The number of rotatable bonds is 4. The van der Waals surface area contributed by atoms with Gasteiger partial charge in [-0.25, -0.2) is 13.2 Å². The number of esters is 1. The fourth-order valence-electron chi connectivity index (χ4n) is 3.75. The summed E-state index contributed by atoms with van der Waals surface area (Å²) in [7, 11) is -3.71. The third-order valence-electron chi connectivity index (χ3n) is 5.63. The van der Waals surface area contributed by atoms with Gasteiger partial charge in [-0.3, -0.25) is 4.79 Å². The summed E-state index contributed by atoms with van der Waals surface area (Å²) in [5.41, 5.74) is 0.826. The number of hydrogen-bond donors (Lipinski definition) is 1. The molecule has 1 saturated heterocycles. The Kier molecular flexibility index (Phi) is 5.59. The molecular weight excluding hydrogens is 420 g/mol. The van der Waals surface area contributed by atoms with E-state index in [1.165, 1.54) is 16.4 Å². The number of hydrogen-bond acceptors (Lipinski definition) is 6. The Morgan fingerprint density at radius 1 is 1.13 bits per heavy atom. The normalized spacial score (nSPS) is 21.8. The zero-order chi connectivity index (χ0) is 22.2. The van der Waals surface area contributed by atoms with Gasteiger partial charge in [0.2, 0.25) is 10.0 Å². The van der Waals surface area contributed by atoms with Crippen molar-refractivity contribution >= 4 is 27.6 Å². The number of anilines is 1. The maximum atomic E-state index is 13.1. The maximum absolute atomic E-state index is 13.1. The van der Waals surface area contributed by atoms with Crippen molar-refractivity contribution in [3.63, 3.8) is 0 Å². The van der Waals surface area contributed by atoms with Gasteiger partial charge in [-0.15, -0.1) is 0 Å². The smallest absolute Gasteiger partial charge is 0.339 e. The van der Waals surface area contributed by atoms with Gasteiger partial charge in [0.25, 0.3) is 5.91 Å². The number of cyclic esters (lactones) is 1. The standard InChI is InChI=1S/C22H24N2O6S/c1-15-7-8-17(31(27,28)24-9-11-29-12-10-24)13-19(15)23-21(26)22(2)14-16-5-3-4-6-18(16)20(25)30-22/h3-8,13H,9-12,14H2,1-2H3,(H,23,26). The Hall–Kier alpha value is -2.75. The Bertz CT molecular complexity index is 1140. The number of sulfonamides is 1. The summed E-state index contributed by atoms with van der Waals surface area (Å²) < 4.78 is 38.0. The minimum absolute atomic E-state index is 0.0893. The highest BCUT2D eigenvalue weighted by Crippen LogP contribution is 2.30. The van der Waals surface area contributed by atoms with Crippen molar-refractivity contribution in [2.24, 2.45) is 0 Å². The van der Waals surface area contributed by atoms with E-state index in [4.69, 9.17) is 9.47 Å². The molecule has 1 N–H and O–H groups in total. The average Bonchev–Trinajstić information content (AvgIpc) is 2.75. The lowest BCUT2D eigenvalue weighted by atomic mass is 9.89. The van der Waals surface area contributed by atoms with Crippen LogP contribution in [0.15, 0.2) is 47.4 Å². The molecular formula is C22H24N2O6S. The van der Waals surface area contributed by atoms with E-state index in [0.29, 0.717) is 30.0 Å². The molecule has 2 aliphatic heterocycles. The van der Waals surface area contributed by atoms with Gasteiger partial charge in [0, 0.05) is 25.2 Å². The van der Waals surface area contributed by atoms with E-state index in [1.807, 2.05) is 0 Å². The van der Waals surface area contributed by atoms with Crippen LogP contribution in [0.4, 0.5) is 5.69 Å². The highest BCUT2D eigenvalue weighted by molar-refractivity contribution is 7.89. The summed E-state index contributed by atoms with van der Waals surface area (Å²) in [6.45, 7) is 4.58. The summed E-state index contributed by atoms with van der Waals surface area (Å²) in [4.78, 5) is 25.6. The molecule has 0 aromatic heterocycles. The summed E-state index contributed by atoms with van der Waals surface area (Å²) >= 11 is 0. The first-order chi connectivity index (χ1) is 14.7. The molecule has 1 amide bonds. The van der Waals surface area contributed by atoms with Gasteiger partial charge < -0.3 is 14.8 Å². The van der Waals surface area contributed by atoms with Crippen molar-refractivity contribution in [2.75, 3.05) is 31.6 Å². The summed E-state index contributed by atoms with van der Waals surface area (Å²) in [5.74, 6) is -1.07. The van der Waals surface area contributed by atoms with Gasteiger partial charge in [-0.1, -0.05) is 24.3 Å². The van der Waals surface area contributed by atoms with Crippen LogP contribution in [0.2, 0.25) is 0 Å². The molecule has 9 heteroatoms. The quantitative estimate of drug-likeness (QED) is 0.725. The molecule has 0 aliphatic carbocycles. The van der Waals surface area contributed by atoms with Crippen molar-refractivity contribution in [1.29, 1.82) is 0 Å². The molecule has 0 radical (unpaired) electrons. The number of morpholine rings is 1. The van der Waals surface area contributed by atoms with E-state index in [2.05, 4.69) is 5.32 Å². The maximum Gasteiger partial charge on any atom is 0.339 e. The second-order valence-corrected chi connectivity index (χ2v) is 9.84. The lowest BCUT2D eigenvalue weighted by Crippen LogP contribution is -2.49. The Morgan fingerprint density at radius 3 is 2.58 bits per heavy atom. The molecule has 2 heterocycles. The fourth-order valence-corrected chi connectivity index (χ4v) is 5.18. The molecule has 4 rings (SSSR count). The second kappa shape index (κ2) is 8.07. The van der Waals surface area contributed by atoms with Gasteiger partial charge in [0.15, 0.2) is 5.60 Å². The number of aryl methyl sites for hydroxylation is 1. The lowest BCUT2D eigenvalue weighted by molar-refractivity contribution is -0.134. The first-order valence-corrected chi connectivity index (χ1v) is 11.5. The van der Waals surface area contributed by atoms with Gasteiger partial charge in [-0.2, -0.15) is 4.31 Å². The van der Waals surface area contributed by atoms with Gasteiger partial charge in [0.05, 0.1) is 23.7 Å². The third-order valence-corrected chi connectivity index (χ3v) is 7.52. The predicted molar refractivity (Wildman–Crippen MR) is 113 cm³/mol. The van der Waals surface area contributed by atoms with E-state index in [0.717, 1.165) is 5.56 Å².